The first kappa shape index (κ1) is 18.1. The molecule has 1 amide bonds. The number of fused-ring (bicyclic) bond motifs is 1. The first-order valence-electron chi connectivity index (χ1n) is 8.77. The summed E-state index contributed by atoms with van der Waals surface area (Å²) in [6.45, 7) is 0.312. The monoisotopic (exact) mass is 362 g/mol. The lowest BCUT2D eigenvalue weighted by molar-refractivity contribution is -0.384. The molecule has 9 heteroatoms. The lowest BCUT2D eigenvalue weighted by Gasteiger charge is -2.26. The Morgan fingerprint density at radius 1 is 1.35 bits per heavy atom. The fourth-order valence-corrected chi connectivity index (χ4v) is 3.34. The molecule has 0 aliphatic heterocycles. The first-order valence-corrected chi connectivity index (χ1v) is 8.77. The molecule has 0 unspecified atom stereocenters. The maximum atomic E-state index is 12.1. The number of nitro benzene ring substituents is 1. The van der Waals surface area contributed by atoms with Gasteiger partial charge in [0.05, 0.1) is 16.5 Å². The van der Waals surface area contributed by atoms with Gasteiger partial charge in [0.15, 0.2) is 5.58 Å². The van der Waals surface area contributed by atoms with Gasteiger partial charge >= 0.3 is 5.76 Å². The van der Waals surface area contributed by atoms with Gasteiger partial charge in [-0.25, -0.2) is 4.79 Å². The minimum absolute atomic E-state index is 0.0399. The number of amides is 1. The topological polar surface area (TPSA) is 133 Å². The molecule has 3 rings (SSSR count). The van der Waals surface area contributed by atoms with Gasteiger partial charge in [0.25, 0.3) is 5.69 Å². The highest BCUT2D eigenvalue weighted by atomic mass is 16.6. The lowest BCUT2D eigenvalue weighted by Crippen LogP contribution is -2.40. The van der Waals surface area contributed by atoms with Crippen LogP contribution in [0.1, 0.15) is 38.5 Å². The lowest BCUT2D eigenvalue weighted by atomic mass is 9.92. The molecule has 0 radical (unpaired) electrons. The summed E-state index contributed by atoms with van der Waals surface area (Å²) in [4.78, 5) is 34.3. The van der Waals surface area contributed by atoms with Crippen LogP contribution >= 0.6 is 0 Å². The Labute approximate surface area is 149 Å². The third-order valence-electron chi connectivity index (χ3n) is 4.79. The fraction of sp³-hybridized carbons (Fsp3) is 0.529. The highest BCUT2D eigenvalue weighted by Crippen LogP contribution is 2.20. The van der Waals surface area contributed by atoms with Crippen LogP contribution in [0.2, 0.25) is 0 Å². The van der Waals surface area contributed by atoms with E-state index in [1.807, 2.05) is 0 Å². The largest absolute Gasteiger partial charge is 0.419 e. The van der Waals surface area contributed by atoms with Crippen LogP contribution in [-0.4, -0.2) is 27.5 Å². The van der Waals surface area contributed by atoms with Crippen LogP contribution in [0.4, 0.5) is 5.69 Å². The summed E-state index contributed by atoms with van der Waals surface area (Å²) >= 11 is 0. The Bertz CT molecular complexity index is 864. The Morgan fingerprint density at radius 2 is 2.08 bits per heavy atom. The Hall–Kier alpha value is -2.68. The normalized spacial score (nSPS) is 20.2. The van der Waals surface area contributed by atoms with Crippen LogP contribution in [0.15, 0.2) is 27.4 Å². The zero-order valence-electron chi connectivity index (χ0n) is 14.3. The van der Waals surface area contributed by atoms with E-state index in [-0.39, 0.29) is 29.3 Å². The summed E-state index contributed by atoms with van der Waals surface area (Å²) < 4.78 is 6.46. The molecule has 1 aliphatic carbocycles. The van der Waals surface area contributed by atoms with Crippen molar-refractivity contribution in [3.8, 4) is 0 Å². The van der Waals surface area contributed by atoms with Crippen molar-refractivity contribution in [3.63, 3.8) is 0 Å². The number of hydrogen-bond acceptors (Lipinski definition) is 6. The molecule has 2 aromatic rings. The molecular formula is C17H22N4O5. The zero-order valence-corrected chi connectivity index (χ0v) is 14.3. The number of aromatic nitrogens is 1. The number of hydrogen-bond donors (Lipinski definition) is 2. The third-order valence-corrected chi connectivity index (χ3v) is 4.79. The minimum atomic E-state index is -0.581. The van der Waals surface area contributed by atoms with Crippen LogP contribution in [-0.2, 0) is 11.3 Å². The number of carbonyl (C=O) groups excluding carboxylic acids is 1. The van der Waals surface area contributed by atoms with Gasteiger partial charge in [-0.2, -0.15) is 0 Å². The number of carbonyl (C=O) groups is 1. The van der Waals surface area contributed by atoms with Crippen molar-refractivity contribution in [1.29, 1.82) is 0 Å². The number of rotatable bonds is 6. The fourth-order valence-electron chi connectivity index (χ4n) is 3.34. The van der Waals surface area contributed by atoms with E-state index in [0.717, 1.165) is 25.7 Å². The minimum Gasteiger partial charge on any atom is -0.407 e. The number of non-ortho nitro benzene ring substituents is 1. The molecule has 3 N–H and O–H groups in total. The van der Waals surface area contributed by atoms with Crippen molar-refractivity contribution >= 4 is 22.7 Å². The summed E-state index contributed by atoms with van der Waals surface area (Å²) in [7, 11) is 0. The molecule has 0 bridgehead atoms. The molecule has 1 fully saturated rings. The molecule has 0 atom stereocenters. The van der Waals surface area contributed by atoms with Crippen LogP contribution in [0, 0.1) is 10.1 Å². The second-order valence-electron chi connectivity index (χ2n) is 6.71. The second-order valence-corrected chi connectivity index (χ2v) is 6.71. The molecule has 1 aliphatic rings. The van der Waals surface area contributed by atoms with E-state index >= 15 is 0 Å². The molecule has 0 saturated heterocycles. The number of benzene rings is 1. The summed E-state index contributed by atoms with van der Waals surface area (Å²) in [5.41, 5.74) is 6.38. The quantitative estimate of drug-likeness (QED) is 0.593. The van der Waals surface area contributed by atoms with E-state index in [1.54, 1.807) is 0 Å². The smallest absolute Gasteiger partial charge is 0.407 e. The van der Waals surface area contributed by atoms with E-state index < -0.39 is 10.7 Å². The van der Waals surface area contributed by atoms with Gasteiger partial charge in [0.2, 0.25) is 5.91 Å². The van der Waals surface area contributed by atoms with E-state index in [4.69, 9.17) is 10.2 Å². The summed E-state index contributed by atoms with van der Waals surface area (Å²) in [6, 6.07) is 4.46. The third kappa shape index (κ3) is 4.10. The predicted octanol–water partition coefficient (Wildman–Crippen LogP) is 1.67. The zero-order chi connectivity index (χ0) is 18.7. The van der Waals surface area contributed by atoms with Gasteiger partial charge in [-0.15, -0.1) is 0 Å². The first-order chi connectivity index (χ1) is 12.4. The van der Waals surface area contributed by atoms with Crippen LogP contribution < -0.4 is 16.8 Å². The number of aryl methyl sites for hydroxylation is 1. The van der Waals surface area contributed by atoms with E-state index in [1.165, 1.54) is 22.8 Å². The summed E-state index contributed by atoms with van der Waals surface area (Å²) in [5, 5.41) is 13.8. The average Bonchev–Trinajstić information content (AvgIpc) is 2.91. The van der Waals surface area contributed by atoms with Crippen molar-refractivity contribution in [2.45, 2.75) is 57.2 Å². The average molecular weight is 362 g/mol. The number of nitrogens with two attached hydrogens (primary N) is 1. The van der Waals surface area contributed by atoms with Gasteiger partial charge < -0.3 is 15.5 Å². The molecule has 1 saturated carbocycles. The van der Waals surface area contributed by atoms with Crippen molar-refractivity contribution in [3.05, 3.63) is 38.9 Å². The summed E-state index contributed by atoms with van der Waals surface area (Å²) in [5.74, 6) is -0.621. The van der Waals surface area contributed by atoms with Crippen molar-refractivity contribution in [2.24, 2.45) is 5.73 Å². The van der Waals surface area contributed by atoms with Crippen LogP contribution in [0.3, 0.4) is 0 Å². The predicted molar refractivity (Wildman–Crippen MR) is 94.7 cm³/mol. The summed E-state index contributed by atoms with van der Waals surface area (Å²) in [6.07, 6.45) is 4.42. The molecule has 1 aromatic heterocycles. The molecule has 26 heavy (non-hydrogen) atoms. The number of nitro groups is 1. The molecule has 9 nitrogen and oxygen atoms in total. The number of nitrogens with one attached hydrogen (secondary N) is 1. The highest BCUT2D eigenvalue weighted by Gasteiger charge is 2.20. The van der Waals surface area contributed by atoms with Gasteiger partial charge in [-0.3, -0.25) is 19.5 Å². The maximum absolute atomic E-state index is 12.1. The number of oxazole rings is 1. The standard InChI is InChI=1S/C17H22N4O5/c18-11-3-5-12(6-4-11)19-16(22)2-1-9-20-14-8-7-13(21(24)25)10-15(14)26-17(20)23/h7-8,10-12H,1-6,9,18H2,(H,19,22). The van der Waals surface area contributed by atoms with Gasteiger partial charge in [-0.1, -0.05) is 0 Å². The van der Waals surface area contributed by atoms with Crippen molar-refractivity contribution in [2.75, 3.05) is 0 Å². The number of nitrogens with zero attached hydrogens (tertiary/aromatic N) is 2. The second kappa shape index (κ2) is 7.69. The Balaban J connectivity index is 1.56. The van der Waals surface area contributed by atoms with Gasteiger partial charge in [-0.05, 0) is 38.2 Å². The van der Waals surface area contributed by atoms with Gasteiger partial charge in [0, 0.05) is 31.1 Å². The Morgan fingerprint density at radius 3 is 2.77 bits per heavy atom. The molecular weight excluding hydrogens is 340 g/mol. The highest BCUT2D eigenvalue weighted by molar-refractivity contribution is 5.77. The van der Waals surface area contributed by atoms with E-state index in [2.05, 4.69) is 5.32 Å². The SMILES string of the molecule is NC1CCC(NC(=O)CCCn2c(=O)oc3cc([N+](=O)[O-])ccc32)CC1. The van der Waals surface area contributed by atoms with Crippen LogP contribution in [0.25, 0.3) is 11.1 Å². The molecule has 140 valence electrons. The Kier molecular flexibility index (Phi) is 5.36. The van der Waals surface area contributed by atoms with Crippen molar-refractivity contribution in [1.82, 2.24) is 9.88 Å². The van der Waals surface area contributed by atoms with Crippen molar-refractivity contribution < 1.29 is 14.1 Å². The van der Waals surface area contributed by atoms with E-state index in [9.17, 15) is 19.7 Å². The van der Waals surface area contributed by atoms with Gasteiger partial charge in [0.1, 0.15) is 0 Å². The molecule has 0 spiro atoms. The van der Waals surface area contributed by atoms with E-state index in [0.29, 0.717) is 24.9 Å². The molecule has 1 aromatic carbocycles. The maximum Gasteiger partial charge on any atom is 0.419 e. The molecule has 1 heterocycles. The van der Waals surface area contributed by atoms with Crippen LogP contribution in [0.5, 0.6) is 0 Å².